The minimum absolute atomic E-state index is 0.143. The number of nitrogens with one attached hydrogen (secondary N) is 1. The van der Waals surface area contributed by atoms with E-state index in [4.69, 9.17) is 9.73 Å². The molecule has 0 radical (unpaired) electrons. The third-order valence-electron chi connectivity index (χ3n) is 12.1. The maximum absolute atomic E-state index is 7.15. The van der Waals surface area contributed by atoms with E-state index in [2.05, 4.69) is 187 Å². The Bertz CT molecular complexity index is 2710. The number of rotatable bonds is 4. The van der Waals surface area contributed by atoms with Gasteiger partial charge in [-0.25, -0.2) is 0 Å². The number of hydrogen-bond donors (Lipinski definition) is 1. The van der Waals surface area contributed by atoms with Gasteiger partial charge < -0.3 is 10.1 Å². The lowest BCUT2D eigenvalue weighted by Gasteiger charge is -2.46. The van der Waals surface area contributed by atoms with Crippen LogP contribution in [0.2, 0.25) is 0 Å². The molecule has 0 bridgehead atoms. The fourth-order valence-corrected chi connectivity index (χ4v) is 9.78. The number of aliphatic imine (C=N–C) groups is 1. The third kappa shape index (κ3) is 4.64. The van der Waals surface area contributed by atoms with Crippen LogP contribution < -0.4 is 20.5 Å². The molecule has 5 aliphatic rings. The van der Waals surface area contributed by atoms with Crippen LogP contribution in [0, 0.1) is 11.8 Å². The molecular weight excluding hydrogens is 657 g/mol. The summed E-state index contributed by atoms with van der Waals surface area (Å²) < 4.78 is 7.15. The van der Waals surface area contributed by atoms with Crippen molar-refractivity contribution in [2.24, 2.45) is 16.8 Å². The highest BCUT2D eigenvalue weighted by molar-refractivity contribution is 6.09. The smallest absolute Gasteiger partial charge is 0.145 e. The van der Waals surface area contributed by atoms with Crippen LogP contribution in [0.15, 0.2) is 186 Å². The van der Waals surface area contributed by atoms with E-state index in [0.717, 1.165) is 52.3 Å². The summed E-state index contributed by atoms with van der Waals surface area (Å²) in [6, 6.07) is 52.8. The third-order valence-corrected chi connectivity index (χ3v) is 12.1. The number of para-hydroxylation sites is 1. The second kappa shape index (κ2) is 12.3. The maximum atomic E-state index is 7.15. The van der Waals surface area contributed by atoms with E-state index in [1.165, 1.54) is 44.0 Å². The molecule has 6 aromatic rings. The lowest BCUT2D eigenvalue weighted by atomic mass is 9.60. The summed E-state index contributed by atoms with van der Waals surface area (Å²) in [4.78, 5) is 5.45. The summed E-state index contributed by atoms with van der Waals surface area (Å²) >= 11 is 0. The van der Waals surface area contributed by atoms with Crippen LogP contribution in [0.3, 0.4) is 0 Å². The maximum Gasteiger partial charge on any atom is 0.145 e. The highest BCUT2D eigenvalue weighted by atomic mass is 16.5. The van der Waals surface area contributed by atoms with E-state index < -0.39 is 0 Å². The summed E-state index contributed by atoms with van der Waals surface area (Å²) in [6.45, 7) is 0. The zero-order valence-corrected chi connectivity index (χ0v) is 29.8. The first kappa shape index (κ1) is 31.1. The van der Waals surface area contributed by atoms with Gasteiger partial charge in [0.25, 0.3) is 0 Å². The van der Waals surface area contributed by atoms with Crippen molar-refractivity contribution in [2.75, 3.05) is 0 Å². The van der Waals surface area contributed by atoms with Gasteiger partial charge in [-0.1, -0.05) is 170 Å². The molecule has 1 N–H and O–H groups in total. The molecule has 0 amide bonds. The molecule has 3 heteroatoms. The average Bonchev–Trinajstić information content (AvgIpc) is 3.54. The highest BCUT2D eigenvalue weighted by Crippen LogP contribution is 2.64. The second-order valence-corrected chi connectivity index (χ2v) is 14.9. The SMILES string of the molecule is C1=CCC2C(=C1)Oc1c(-c3ccccc3C3N=C(c4ccccc4)C=C(C4C=c5ccccc5=CC4)N3)cccc1C21c2ccccc2-c2ccccc21. The van der Waals surface area contributed by atoms with Gasteiger partial charge in [-0.3, -0.25) is 4.99 Å². The molecule has 11 rings (SSSR count). The molecule has 3 nitrogen and oxygen atoms in total. The number of nitrogens with zero attached hydrogens (tertiary/aromatic N) is 1. The zero-order chi connectivity index (χ0) is 35.6. The van der Waals surface area contributed by atoms with Crippen molar-refractivity contribution >= 4 is 17.9 Å². The number of benzene rings is 6. The predicted molar refractivity (Wildman–Crippen MR) is 219 cm³/mol. The molecule has 1 spiro atoms. The van der Waals surface area contributed by atoms with Crippen LogP contribution in [-0.2, 0) is 5.41 Å². The quantitative estimate of drug-likeness (QED) is 0.199. The number of fused-ring (bicyclic) bond motifs is 10. The van der Waals surface area contributed by atoms with Gasteiger partial charge in [-0.05, 0) is 68.8 Å². The zero-order valence-electron chi connectivity index (χ0n) is 29.8. The van der Waals surface area contributed by atoms with Crippen LogP contribution in [0.25, 0.3) is 34.4 Å². The fraction of sp³-hybridized carbons (Fsp3) is 0.118. The number of ether oxygens (including phenoxy) is 1. The minimum Gasteiger partial charge on any atom is -0.460 e. The summed E-state index contributed by atoms with van der Waals surface area (Å²) in [6.07, 6.45) is 15.2. The molecule has 2 heterocycles. The first-order valence-corrected chi connectivity index (χ1v) is 19.1. The molecular formula is C51H38N2O. The van der Waals surface area contributed by atoms with E-state index >= 15 is 0 Å². The summed E-state index contributed by atoms with van der Waals surface area (Å²) in [7, 11) is 0. The van der Waals surface area contributed by atoms with E-state index in [1.54, 1.807) is 0 Å². The van der Waals surface area contributed by atoms with E-state index in [1.807, 2.05) is 0 Å². The first-order valence-electron chi connectivity index (χ1n) is 19.1. The molecule has 258 valence electrons. The van der Waals surface area contributed by atoms with E-state index in [9.17, 15) is 0 Å². The van der Waals surface area contributed by atoms with Gasteiger partial charge in [0.15, 0.2) is 0 Å². The van der Waals surface area contributed by atoms with Crippen molar-refractivity contribution in [2.45, 2.75) is 24.4 Å². The van der Waals surface area contributed by atoms with Crippen LogP contribution in [0.1, 0.15) is 46.8 Å². The van der Waals surface area contributed by atoms with E-state index in [-0.39, 0.29) is 23.4 Å². The van der Waals surface area contributed by atoms with Crippen LogP contribution >= 0.6 is 0 Å². The normalized spacial score (nSPS) is 20.9. The molecule has 0 saturated heterocycles. The standard InChI is InChI=1S/C51H38N2O/c1-2-16-34(17-3-1)46-32-47(36-30-29-33-15-4-5-18-35(33)31-36)53-50(52-46)41-22-7-6-19-37(41)40-23-14-27-45-49(40)54-48-28-13-12-26-44(48)51(45)42-24-10-8-20-38(42)39-21-9-11-25-43(39)51/h1-25,27-29,31-32,36,44,50,53H,26,30H2. The van der Waals surface area contributed by atoms with Crippen molar-refractivity contribution in [3.05, 3.63) is 220 Å². The van der Waals surface area contributed by atoms with Crippen molar-refractivity contribution in [3.8, 4) is 28.0 Å². The van der Waals surface area contributed by atoms with Gasteiger partial charge in [-0.2, -0.15) is 0 Å². The Hall–Kier alpha value is -6.45. The topological polar surface area (TPSA) is 33.6 Å². The Morgan fingerprint density at radius 3 is 2.09 bits per heavy atom. The Balaban J connectivity index is 1.09. The molecule has 0 fully saturated rings. The largest absolute Gasteiger partial charge is 0.460 e. The van der Waals surface area contributed by atoms with Gasteiger partial charge in [0.05, 0.1) is 11.1 Å². The lowest BCUT2D eigenvalue weighted by molar-refractivity contribution is 0.254. The summed E-state index contributed by atoms with van der Waals surface area (Å²) in [5, 5.41) is 6.52. The van der Waals surface area contributed by atoms with Gasteiger partial charge >= 0.3 is 0 Å². The first-order chi connectivity index (χ1) is 26.8. The molecule has 2 aliphatic heterocycles. The predicted octanol–water partition coefficient (Wildman–Crippen LogP) is 9.78. The van der Waals surface area contributed by atoms with Crippen molar-refractivity contribution in [1.82, 2.24) is 5.32 Å². The molecule has 6 aromatic carbocycles. The Morgan fingerprint density at radius 2 is 1.28 bits per heavy atom. The molecule has 3 atom stereocenters. The highest BCUT2D eigenvalue weighted by Gasteiger charge is 2.55. The van der Waals surface area contributed by atoms with Crippen LogP contribution in [0.5, 0.6) is 5.75 Å². The average molecular weight is 695 g/mol. The Labute approximate surface area is 315 Å². The Kier molecular flexibility index (Phi) is 7.10. The molecule has 0 aromatic heterocycles. The molecule has 54 heavy (non-hydrogen) atoms. The van der Waals surface area contributed by atoms with Gasteiger partial charge in [0.1, 0.15) is 17.7 Å². The van der Waals surface area contributed by atoms with Crippen LogP contribution in [0.4, 0.5) is 0 Å². The van der Waals surface area contributed by atoms with Crippen molar-refractivity contribution < 1.29 is 4.74 Å². The monoisotopic (exact) mass is 694 g/mol. The lowest BCUT2D eigenvalue weighted by Crippen LogP contribution is -2.42. The van der Waals surface area contributed by atoms with E-state index in [0.29, 0.717) is 0 Å². The number of allylic oxidation sites excluding steroid dienone is 6. The minimum atomic E-state index is -0.385. The fourth-order valence-electron chi connectivity index (χ4n) is 9.78. The van der Waals surface area contributed by atoms with Gasteiger partial charge in [0, 0.05) is 34.2 Å². The van der Waals surface area contributed by atoms with Crippen molar-refractivity contribution in [1.29, 1.82) is 0 Å². The summed E-state index contributed by atoms with van der Waals surface area (Å²) in [5.74, 6) is 2.31. The molecule has 3 unspecified atom stereocenters. The van der Waals surface area contributed by atoms with Crippen LogP contribution in [-0.4, -0.2) is 5.71 Å². The van der Waals surface area contributed by atoms with Gasteiger partial charge in [0.2, 0.25) is 0 Å². The molecule has 3 aliphatic carbocycles. The van der Waals surface area contributed by atoms with Gasteiger partial charge in [-0.15, -0.1) is 0 Å². The molecule has 0 saturated carbocycles. The summed E-state index contributed by atoms with van der Waals surface area (Å²) in [5.41, 5.74) is 12.8. The Morgan fingerprint density at radius 1 is 0.611 bits per heavy atom. The number of hydrogen-bond acceptors (Lipinski definition) is 3. The van der Waals surface area contributed by atoms with Crippen molar-refractivity contribution in [3.63, 3.8) is 0 Å². The second-order valence-electron chi connectivity index (χ2n) is 14.9.